The number of halogens is 2. The summed E-state index contributed by atoms with van der Waals surface area (Å²) in [6.45, 7) is 0. The second-order valence-corrected chi connectivity index (χ2v) is 3.92. The Labute approximate surface area is 98.5 Å². The lowest BCUT2D eigenvalue weighted by molar-refractivity contribution is 0.0691. The average molecular weight is 285 g/mol. The Kier molecular flexibility index (Phi) is 2.74. The summed E-state index contributed by atoms with van der Waals surface area (Å²) in [5, 5.41) is 8.71. The third-order valence-corrected chi connectivity index (χ3v) is 2.62. The normalized spacial score (nSPS) is 10.4. The molecule has 1 aromatic carbocycles. The monoisotopic (exact) mass is 284 g/mol. The molecule has 0 unspecified atom stereocenters. The fourth-order valence-electron chi connectivity index (χ4n) is 1.26. The molecule has 1 heterocycles. The van der Waals surface area contributed by atoms with Crippen LogP contribution in [0.2, 0.25) is 0 Å². The van der Waals surface area contributed by atoms with E-state index in [1.54, 1.807) is 0 Å². The third kappa shape index (κ3) is 1.96. The van der Waals surface area contributed by atoms with Gasteiger partial charge in [0, 0.05) is 10.7 Å². The van der Waals surface area contributed by atoms with Crippen molar-refractivity contribution in [1.82, 2.24) is 9.55 Å². The van der Waals surface area contributed by atoms with Crippen molar-refractivity contribution in [1.29, 1.82) is 0 Å². The van der Waals surface area contributed by atoms with Crippen LogP contribution >= 0.6 is 15.9 Å². The zero-order valence-electron chi connectivity index (χ0n) is 7.89. The number of aromatic nitrogens is 2. The molecule has 1 aromatic heterocycles. The van der Waals surface area contributed by atoms with Gasteiger partial charge < -0.3 is 9.67 Å². The maximum Gasteiger partial charge on any atom is 0.356 e. The van der Waals surface area contributed by atoms with Gasteiger partial charge in [0.2, 0.25) is 0 Å². The van der Waals surface area contributed by atoms with Gasteiger partial charge in [0.05, 0.1) is 5.69 Å². The molecule has 4 nitrogen and oxygen atoms in total. The second kappa shape index (κ2) is 4.05. The van der Waals surface area contributed by atoms with E-state index in [1.165, 1.54) is 35.3 Å². The van der Waals surface area contributed by atoms with Crippen LogP contribution in [0, 0.1) is 5.82 Å². The highest BCUT2D eigenvalue weighted by Gasteiger charge is 2.09. The number of nitrogens with zero attached hydrogens (tertiary/aromatic N) is 2. The van der Waals surface area contributed by atoms with Crippen LogP contribution in [0.4, 0.5) is 4.39 Å². The molecule has 0 aliphatic rings. The van der Waals surface area contributed by atoms with Gasteiger partial charge in [-0.2, -0.15) is 0 Å². The number of carbonyl (C=O) groups is 1. The molecule has 0 bridgehead atoms. The molecule has 0 atom stereocenters. The first-order valence-electron chi connectivity index (χ1n) is 4.30. The molecular formula is C10H6BrFN2O2. The van der Waals surface area contributed by atoms with Crippen molar-refractivity contribution in [3.8, 4) is 5.69 Å². The summed E-state index contributed by atoms with van der Waals surface area (Å²) >= 11 is 3.19. The van der Waals surface area contributed by atoms with E-state index in [0.29, 0.717) is 10.2 Å². The van der Waals surface area contributed by atoms with Gasteiger partial charge in [0.25, 0.3) is 0 Å². The first kappa shape index (κ1) is 10.8. The number of hydrogen-bond donors (Lipinski definition) is 1. The van der Waals surface area contributed by atoms with Crippen LogP contribution in [-0.2, 0) is 0 Å². The quantitative estimate of drug-likeness (QED) is 0.922. The minimum absolute atomic E-state index is 0.0591. The van der Waals surface area contributed by atoms with Crippen molar-refractivity contribution in [3.63, 3.8) is 0 Å². The van der Waals surface area contributed by atoms with Crippen LogP contribution in [0.25, 0.3) is 5.69 Å². The Morgan fingerprint density at radius 3 is 2.81 bits per heavy atom. The molecule has 0 spiro atoms. The number of benzene rings is 1. The molecule has 0 radical (unpaired) electrons. The predicted molar refractivity (Wildman–Crippen MR) is 58.2 cm³/mol. The third-order valence-electron chi connectivity index (χ3n) is 1.99. The van der Waals surface area contributed by atoms with Crippen LogP contribution in [0.5, 0.6) is 0 Å². The van der Waals surface area contributed by atoms with Crippen LogP contribution < -0.4 is 0 Å². The molecule has 0 saturated heterocycles. The molecule has 2 rings (SSSR count). The maximum absolute atomic E-state index is 12.8. The lowest BCUT2D eigenvalue weighted by atomic mass is 10.3. The first-order valence-corrected chi connectivity index (χ1v) is 5.10. The smallest absolute Gasteiger partial charge is 0.356 e. The lowest BCUT2D eigenvalue weighted by Crippen LogP contribution is -1.96. The number of imidazole rings is 1. The van der Waals surface area contributed by atoms with Gasteiger partial charge in [-0.1, -0.05) is 0 Å². The summed E-state index contributed by atoms with van der Waals surface area (Å²) in [6.07, 6.45) is 2.72. The van der Waals surface area contributed by atoms with E-state index in [-0.39, 0.29) is 11.5 Å². The summed E-state index contributed by atoms with van der Waals surface area (Å²) in [7, 11) is 0. The Hall–Kier alpha value is -1.69. The predicted octanol–water partition coefficient (Wildman–Crippen LogP) is 2.47. The molecule has 0 amide bonds. The summed E-state index contributed by atoms with van der Waals surface area (Å²) in [5.74, 6) is -1.47. The number of carboxylic acid groups (broad SMARTS) is 1. The first-order chi connectivity index (χ1) is 7.58. The number of hydrogen-bond acceptors (Lipinski definition) is 2. The van der Waals surface area contributed by atoms with Gasteiger partial charge in [-0.15, -0.1) is 0 Å². The zero-order valence-corrected chi connectivity index (χ0v) is 9.48. The maximum atomic E-state index is 12.8. The second-order valence-electron chi connectivity index (χ2n) is 3.07. The Balaban J connectivity index is 2.46. The number of carboxylic acids is 1. The van der Waals surface area contributed by atoms with Crippen LogP contribution in [-0.4, -0.2) is 20.6 Å². The van der Waals surface area contributed by atoms with Crippen molar-refractivity contribution in [2.24, 2.45) is 0 Å². The number of rotatable bonds is 2. The Bertz CT molecular complexity index is 554. The molecular weight excluding hydrogens is 279 g/mol. The van der Waals surface area contributed by atoms with E-state index in [0.717, 1.165) is 0 Å². The summed E-state index contributed by atoms with van der Waals surface area (Å²) in [6, 6.07) is 4.13. The molecule has 16 heavy (non-hydrogen) atoms. The minimum atomic E-state index is -1.10. The molecule has 0 aliphatic carbocycles. The van der Waals surface area contributed by atoms with Gasteiger partial charge in [-0.3, -0.25) is 0 Å². The van der Waals surface area contributed by atoms with Crippen LogP contribution in [0.3, 0.4) is 0 Å². The van der Waals surface area contributed by atoms with E-state index in [2.05, 4.69) is 20.9 Å². The van der Waals surface area contributed by atoms with E-state index < -0.39 is 5.97 Å². The topological polar surface area (TPSA) is 55.1 Å². The van der Waals surface area contributed by atoms with Gasteiger partial charge in [-0.05, 0) is 34.1 Å². The lowest BCUT2D eigenvalue weighted by Gasteiger charge is -2.04. The molecule has 82 valence electrons. The van der Waals surface area contributed by atoms with Crippen molar-refractivity contribution in [2.45, 2.75) is 0 Å². The number of aromatic carboxylic acids is 1. The van der Waals surface area contributed by atoms with E-state index in [4.69, 9.17) is 5.11 Å². The van der Waals surface area contributed by atoms with Crippen molar-refractivity contribution < 1.29 is 14.3 Å². The molecule has 0 fully saturated rings. The van der Waals surface area contributed by atoms with Gasteiger partial charge in [0.1, 0.15) is 12.1 Å². The molecule has 2 aromatic rings. The highest BCUT2D eigenvalue weighted by Crippen LogP contribution is 2.22. The van der Waals surface area contributed by atoms with Crippen LogP contribution in [0.1, 0.15) is 10.5 Å². The highest BCUT2D eigenvalue weighted by atomic mass is 79.9. The standard InChI is InChI=1S/C10H6BrFN2O2/c11-7-3-6(12)1-2-9(7)14-4-8(10(15)16)13-5-14/h1-5H,(H,15,16). The van der Waals surface area contributed by atoms with E-state index in [1.807, 2.05) is 0 Å². The van der Waals surface area contributed by atoms with Crippen molar-refractivity contribution >= 4 is 21.9 Å². The van der Waals surface area contributed by atoms with Crippen LogP contribution in [0.15, 0.2) is 35.2 Å². The van der Waals surface area contributed by atoms with Gasteiger partial charge in [-0.25, -0.2) is 14.2 Å². The van der Waals surface area contributed by atoms with E-state index in [9.17, 15) is 9.18 Å². The van der Waals surface area contributed by atoms with Crippen molar-refractivity contribution in [2.75, 3.05) is 0 Å². The zero-order chi connectivity index (χ0) is 11.7. The fraction of sp³-hybridized carbons (Fsp3) is 0. The highest BCUT2D eigenvalue weighted by molar-refractivity contribution is 9.10. The Morgan fingerprint density at radius 2 is 2.25 bits per heavy atom. The van der Waals surface area contributed by atoms with Gasteiger partial charge >= 0.3 is 5.97 Å². The SMILES string of the molecule is O=C(O)c1cn(-c2ccc(F)cc2Br)cn1. The average Bonchev–Trinajstić information content (AvgIpc) is 2.66. The van der Waals surface area contributed by atoms with Crippen molar-refractivity contribution in [3.05, 3.63) is 46.7 Å². The molecule has 0 saturated carbocycles. The van der Waals surface area contributed by atoms with E-state index >= 15 is 0 Å². The molecule has 6 heteroatoms. The largest absolute Gasteiger partial charge is 0.476 e. The summed E-state index contributed by atoms with van der Waals surface area (Å²) in [5.41, 5.74) is 0.567. The minimum Gasteiger partial charge on any atom is -0.476 e. The fourth-order valence-corrected chi connectivity index (χ4v) is 1.81. The molecule has 0 aliphatic heterocycles. The summed E-state index contributed by atoms with van der Waals surface area (Å²) < 4.78 is 14.9. The summed E-state index contributed by atoms with van der Waals surface area (Å²) in [4.78, 5) is 14.3. The Morgan fingerprint density at radius 1 is 1.50 bits per heavy atom. The van der Waals surface area contributed by atoms with Gasteiger partial charge in [0.15, 0.2) is 5.69 Å². The molecule has 1 N–H and O–H groups in total.